The Morgan fingerprint density at radius 2 is 1.97 bits per heavy atom. The lowest BCUT2D eigenvalue weighted by molar-refractivity contribution is -0.152. The van der Waals surface area contributed by atoms with Gasteiger partial charge in [-0.1, -0.05) is 18.2 Å². The quantitative estimate of drug-likeness (QED) is 0.294. The number of methoxy groups -OCH3 is 2. The molecule has 2 rings (SSSR count). The van der Waals surface area contributed by atoms with Crippen molar-refractivity contribution in [3.63, 3.8) is 0 Å². The van der Waals surface area contributed by atoms with Crippen LogP contribution in [0.4, 0.5) is 4.39 Å². The van der Waals surface area contributed by atoms with Gasteiger partial charge in [0, 0.05) is 13.2 Å². The number of ether oxygens (including phenoxy) is 5. The maximum atomic E-state index is 14.4. The molecule has 3 N–H and O–H groups in total. The zero-order valence-electron chi connectivity index (χ0n) is 20.9. The molecule has 0 aromatic heterocycles. The minimum absolute atomic E-state index is 0.0668. The van der Waals surface area contributed by atoms with Crippen molar-refractivity contribution in [1.82, 2.24) is 0 Å². The van der Waals surface area contributed by atoms with Gasteiger partial charge in [-0.2, -0.15) is 0 Å². The lowest BCUT2D eigenvalue weighted by Crippen LogP contribution is -2.35. The van der Waals surface area contributed by atoms with Crippen molar-refractivity contribution in [3.8, 4) is 11.5 Å². The van der Waals surface area contributed by atoms with Gasteiger partial charge in [-0.15, -0.1) is 0 Å². The minimum Gasteiger partial charge on any atom is -0.497 e. The second kappa shape index (κ2) is 12.0. The Balaban J connectivity index is 2.27. The van der Waals surface area contributed by atoms with Crippen molar-refractivity contribution in [2.45, 2.75) is 70.0 Å². The number of hydrogen-bond donors (Lipinski definition) is 3. The predicted molar refractivity (Wildman–Crippen MR) is 126 cm³/mol. The normalized spacial score (nSPS) is 23.3. The van der Waals surface area contributed by atoms with E-state index in [0.29, 0.717) is 11.3 Å². The first-order valence-corrected chi connectivity index (χ1v) is 11.1. The van der Waals surface area contributed by atoms with E-state index in [1.165, 1.54) is 40.2 Å². The van der Waals surface area contributed by atoms with Gasteiger partial charge in [0.1, 0.15) is 29.3 Å². The molecule has 1 saturated heterocycles. The molecule has 1 aliphatic rings. The number of halogens is 1. The number of aliphatic hydroxyl groups excluding tert-OH is 2. The van der Waals surface area contributed by atoms with Crippen LogP contribution in [0, 0.1) is 0 Å². The van der Waals surface area contributed by atoms with Gasteiger partial charge in [0.05, 0.1) is 19.3 Å². The molecule has 35 heavy (non-hydrogen) atoms. The largest absolute Gasteiger partial charge is 0.497 e. The summed E-state index contributed by atoms with van der Waals surface area (Å²) in [6.45, 7) is 5.77. The van der Waals surface area contributed by atoms with E-state index in [4.69, 9.17) is 23.7 Å². The molecule has 1 fully saturated rings. The molecule has 9 nitrogen and oxygen atoms in total. The summed E-state index contributed by atoms with van der Waals surface area (Å²) in [7, 11) is 2.87. The average molecular weight is 499 g/mol. The SMILES string of the molecule is COCOc1cc(OC)cc(/C=C/C[C@@H]2OC(C)(C)OC2C(O)/C=C\C(C)(F)C(C)O)c1C(=O)O. The highest BCUT2D eigenvalue weighted by atomic mass is 19.1. The molecule has 196 valence electrons. The highest BCUT2D eigenvalue weighted by Gasteiger charge is 2.43. The molecule has 0 radical (unpaired) electrons. The molecule has 0 bridgehead atoms. The van der Waals surface area contributed by atoms with Gasteiger partial charge in [0.2, 0.25) is 0 Å². The van der Waals surface area contributed by atoms with Gasteiger partial charge in [-0.05, 0) is 51.8 Å². The third kappa shape index (κ3) is 7.74. The van der Waals surface area contributed by atoms with Crippen LogP contribution in [0.25, 0.3) is 6.08 Å². The van der Waals surface area contributed by atoms with E-state index in [-0.39, 0.29) is 24.5 Å². The summed E-state index contributed by atoms with van der Waals surface area (Å²) in [6, 6.07) is 3.02. The number of aromatic carboxylic acids is 1. The van der Waals surface area contributed by atoms with Crippen LogP contribution in [-0.4, -0.2) is 78.2 Å². The lowest BCUT2D eigenvalue weighted by atomic mass is 9.98. The first-order chi connectivity index (χ1) is 16.3. The van der Waals surface area contributed by atoms with Crippen molar-refractivity contribution < 1.29 is 48.2 Å². The van der Waals surface area contributed by atoms with E-state index in [0.717, 1.165) is 6.08 Å². The standard InChI is InChI=1S/C25H35FO9/c1-15(27)25(4,26)11-10-18(28)22-19(34-24(2,3)35-22)9-7-8-16-12-17(32-6)13-20(33-14-31-5)21(16)23(29)30/h7-8,10-13,15,18-19,22,27-28H,9,14H2,1-6H3,(H,29,30)/b8-7+,11-10-/t15?,18?,19-,22?,25?/m0/s1. The number of aliphatic hydroxyl groups is 2. The van der Waals surface area contributed by atoms with Gasteiger partial charge in [-0.25, -0.2) is 9.18 Å². The van der Waals surface area contributed by atoms with Crippen LogP contribution < -0.4 is 9.47 Å². The topological polar surface area (TPSA) is 124 Å². The fourth-order valence-electron chi connectivity index (χ4n) is 3.52. The maximum absolute atomic E-state index is 14.4. The van der Waals surface area contributed by atoms with Gasteiger partial charge in [-0.3, -0.25) is 0 Å². The third-order valence-electron chi connectivity index (χ3n) is 5.55. The Bertz CT molecular complexity index is 924. The van der Waals surface area contributed by atoms with Gasteiger partial charge >= 0.3 is 5.97 Å². The second-order valence-corrected chi connectivity index (χ2v) is 8.90. The Labute approximate surface area is 204 Å². The van der Waals surface area contributed by atoms with Crippen LogP contribution in [-0.2, 0) is 14.2 Å². The number of carboxylic acids is 1. The highest BCUT2D eigenvalue weighted by molar-refractivity contribution is 5.95. The summed E-state index contributed by atoms with van der Waals surface area (Å²) in [4.78, 5) is 11.9. The number of rotatable bonds is 12. The zero-order chi connectivity index (χ0) is 26.4. The van der Waals surface area contributed by atoms with Crippen LogP contribution in [0.1, 0.15) is 50.0 Å². The maximum Gasteiger partial charge on any atom is 0.340 e. The summed E-state index contributed by atoms with van der Waals surface area (Å²) in [5, 5.41) is 29.9. The Hall–Kier alpha value is -2.50. The fraction of sp³-hybridized carbons (Fsp3) is 0.560. The van der Waals surface area contributed by atoms with Crippen molar-refractivity contribution >= 4 is 12.0 Å². The molecule has 1 heterocycles. The molecular weight excluding hydrogens is 463 g/mol. The number of carboxylic acid groups (broad SMARTS) is 1. The van der Waals surface area contributed by atoms with Crippen molar-refractivity contribution in [1.29, 1.82) is 0 Å². The smallest absolute Gasteiger partial charge is 0.340 e. The number of alkyl halides is 1. The molecule has 0 amide bonds. The Kier molecular flexibility index (Phi) is 9.82. The first kappa shape index (κ1) is 28.7. The molecule has 0 saturated carbocycles. The molecule has 1 aromatic carbocycles. The van der Waals surface area contributed by atoms with Crippen molar-refractivity contribution in [3.05, 3.63) is 41.5 Å². The molecule has 0 spiro atoms. The van der Waals surface area contributed by atoms with Gasteiger partial charge in [0.15, 0.2) is 18.2 Å². The molecule has 1 aromatic rings. The van der Waals surface area contributed by atoms with Crippen LogP contribution in [0.3, 0.4) is 0 Å². The third-order valence-corrected chi connectivity index (χ3v) is 5.55. The van der Waals surface area contributed by atoms with Gasteiger partial charge in [0.25, 0.3) is 0 Å². The fourth-order valence-corrected chi connectivity index (χ4v) is 3.52. The van der Waals surface area contributed by atoms with E-state index in [9.17, 15) is 24.5 Å². The Morgan fingerprint density at radius 3 is 2.54 bits per heavy atom. The van der Waals surface area contributed by atoms with E-state index in [2.05, 4.69) is 0 Å². The summed E-state index contributed by atoms with van der Waals surface area (Å²) < 4.78 is 41.6. The van der Waals surface area contributed by atoms with E-state index in [1.54, 1.807) is 32.1 Å². The highest BCUT2D eigenvalue weighted by Crippen LogP contribution is 2.34. The molecular formula is C25H35FO9. The van der Waals surface area contributed by atoms with Crippen LogP contribution in [0.2, 0.25) is 0 Å². The molecule has 1 aliphatic heterocycles. The van der Waals surface area contributed by atoms with Crippen LogP contribution in [0.5, 0.6) is 11.5 Å². The zero-order valence-corrected chi connectivity index (χ0v) is 20.9. The van der Waals surface area contributed by atoms with Crippen LogP contribution in [0.15, 0.2) is 30.4 Å². The number of carbonyl (C=O) groups is 1. The van der Waals surface area contributed by atoms with Crippen LogP contribution >= 0.6 is 0 Å². The molecule has 5 atom stereocenters. The molecule has 4 unspecified atom stereocenters. The summed E-state index contributed by atoms with van der Waals surface area (Å²) in [6.07, 6.45) is 1.98. The van der Waals surface area contributed by atoms with E-state index in [1.807, 2.05) is 0 Å². The monoisotopic (exact) mass is 498 g/mol. The summed E-state index contributed by atoms with van der Waals surface area (Å²) in [5.41, 5.74) is -1.75. The summed E-state index contributed by atoms with van der Waals surface area (Å²) in [5.74, 6) is -1.70. The first-order valence-electron chi connectivity index (χ1n) is 11.1. The van der Waals surface area contributed by atoms with E-state index >= 15 is 0 Å². The second-order valence-electron chi connectivity index (χ2n) is 8.90. The van der Waals surface area contributed by atoms with Gasteiger partial charge < -0.3 is 39.0 Å². The molecule has 10 heteroatoms. The molecule has 0 aliphatic carbocycles. The van der Waals surface area contributed by atoms with E-state index < -0.39 is 41.8 Å². The predicted octanol–water partition coefficient (Wildman–Crippen LogP) is 3.33. The summed E-state index contributed by atoms with van der Waals surface area (Å²) >= 11 is 0. The Morgan fingerprint density at radius 1 is 1.29 bits per heavy atom. The number of benzene rings is 1. The number of hydrogen-bond acceptors (Lipinski definition) is 8. The van der Waals surface area contributed by atoms with Crippen molar-refractivity contribution in [2.75, 3.05) is 21.0 Å². The minimum atomic E-state index is -2.02. The van der Waals surface area contributed by atoms with Crippen molar-refractivity contribution in [2.24, 2.45) is 0 Å². The lowest BCUT2D eigenvalue weighted by Gasteiger charge is -2.22. The average Bonchev–Trinajstić information content (AvgIpc) is 3.09.